The van der Waals surface area contributed by atoms with E-state index in [0.29, 0.717) is 21.0 Å². The third-order valence-electron chi connectivity index (χ3n) is 13.1. The Bertz CT molecular complexity index is 3080. The number of oxazole rings is 1. The number of thiophene rings is 1. The zero-order valence-corrected chi connectivity index (χ0v) is 44.1. The molecule has 0 amide bonds. The normalized spacial score (nSPS) is 13.0. The van der Waals surface area contributed by atoms with E-state index in [2.05, 4.69) is 95.1 Å². The molecule has 8 aromatic rings. The van der Waals surface area contributed by atoms with Gasteiger partial charge in [0, 0.05) is 5.56 Å². The van der Waals surface area contributed by atoms with Crippen LogP contribution in [-0.4, -0.2) is 57.0 Å². The molecule has 1 atom stereocenters. The molecule has 11 nitrogen and oxygen atoms in total. The summed E-state index contributed by atoms with van der Waals surface area (Å²) in [5, 5.41) is 3.40. The molecule has 5 aromatic carbocycles. The number of carbonyl (C=O) groups excluding carboxylic acids is 1. The lowest BCUT2D eigenvalue weighted by Crippen LogP contribution is -2.69. The molecule has 14 heteroatoms. The summed E-state index contributed by atoms with van der Waals surface area (Å²) in [6.45, 7) is 16.3. The fourth-order valence-electron chi connectivity index (χ4n) is 9.74. The van der Waals surface area contributed by atoms with Gasteiger partial charge >= 0.3 is 20.0 Å². The number of hydrogen-bond donors (Lipinski definition) is 0. The molecule has 0 unspecified atom stereocenters. The summed E-state index contributed by atoms with van der Waals surface area (Å²) in [4.78, 5) is 51.2. The summed E-state index contributed by atoms with van der Waals surface area (Å²) in [6.07, 6.45) is 2.18. The molecule has 0 N–H and O–H groups in total. The highest BCUT2D eigenvalue weighted by Crippen LogP contribution is 2.40. The molecule has 0 saturated heterocycles. The SMILES string of the molecule is COc1ccccc1[C@H](Cn1c(=O)n(C(C)(C)C(=O)O[Si](c2ccccc2)(c2ccccc2)C(C)(C)C)c(=O)c2cc(-c3ncco3)sc21)OCCO[Si](c1ccccc1)(c1ccccc1)C(C)(C)C. The van der Waals surface area contributed by atoms with E-state index in [9.17, 15) is 0 Å². The zero-order chi connectivity index (χ0) is 49.9. The van der Waals surface area contributed by atoms with Crippen molar-refractivity contribution >= 4 is 64.9 Å². The van der Waals surface area contributed by atoms with Crippen LogP contribution in [0.3, 0.4) is 0 Å². The number of para-hydroxylation sites is 1. The maximum Gasteiger partial charge on any atom is 0.333 e. The van der Waals surface area contributed by atoms with Crippen molar-refractivity contribution in [3.8, 4) is 16.5 Å². The molecule has 3 heterocycles. The van der Waals surface area contributed by atoms with Crippen LogP contribution in [0.1, 0.15) is 67.1 Å². The molecule has 362 valence electrons. The largest absolute Gasteiger partial charge is 0.508 e. The van der Waals surface area contributed by atoms with Gasteiger partial charge in [0.15, 0.2) is 0 Å². The predicted molar refractivity (Wildman–Crippen MR) is 284 cm³/mol. The Balaban J connectivity index is 1.24. The average Bonchev–Trinajstić information content (AvgIpc) is 4.06. The zero-order valence-electron chi connectivity index (χ0n) is 41.3. The number of rotatable bonds is 17. The topological polar surface area (TPSA) is 124 Å². The maximum atomic E-state index is 15.6. The lowest BCUT2D eigenvalue weighted by molar-refractivity contribution is -0.144. The molecule has 8 rings (SSSR count). The van der Waals surface area contributed by atoms with Gasteiger partial charge in [0.2, 0.25) is 5.89 Å². The van der Waals surface area contributed by atoms with Crippen molar-refractivity contribution in [2.45, 2.75) is 83.7 Å². The molecule has 0 fully saturated rings. The van der Waals surface area contributed by atoms with E-state index < -0.39 is 50.5 Å². The minimum Gasteiger partial charge on any atom is -0.508 e. The summed E-state index contributed by atoms with van der Waals surface area (Å²) >= 11 is 1.20. The van der Waals surface area contributed by atoms with E-state index in [4.69, 9.17) is 22.7 Å². The fraction of sp³-hybridized carbons (Fsp3) is 0.286. The Hall–Kier alpha value is -6.43. The Morgan fingerprint density at radius 1 is 0.686 bits per heavy atom. The van der Waals surface area contributed by atoms with Crippen molar-refractivity contribution in [1.29, 1.82) is 0 Å². The van der Waals surface area contributed by atoms with Crippen molar-refractivity contribution in [2.24, 2.45) is 0 Å². The lowest BCUT2D eigenvalue weighted by Gasteiger charge is -2.43. The van der Waals surface area contributed by atoms with Gasteiger partial charge in [-0.1, -0.05) is 181 Å². The lowest BCUT2D eigenvalue weighted by atomic mass is 10.1. The van der Waals surface area contributed by atoms with E-state index in [-0.39, 0.29) is 36.1 Å². The minimum atomic E-state index is -3.49. The molecule has 70 heavy (non-hydrogen) atoms. The van der Waals surface area contributed by atoms with Gasteiger partial charge in [-0.05, 0) is 56.8 Å². The van der Waals surface area contributed by atoms with Crippen LogP contribution >= 0.6 is 11.3 Å². The maximum absolute atomic E-state index is 15.6. The molecule has 0 saturated carbocycles. The van der Waals surface area contributed by atoms with Crippen LogP contribution in [0.25, 0.3) is 21.0 Å². The Morgan fingerprint density at radius 3 is 1.67 bits per heavy atom. The number of nitrogens with zero attached hydrogens (tertiary/aromatic N) is 3. The number of fused-ring (bicyclic) bond motifs is 1. The average molecular weight is 992 g/mol. The van der Waals surface area contributed by atoms with Crippen LogP contribution in [0.15, 0.2) is 178 Å². The van der Waals surface area contributed by atoms with Crippen molar-refractivity contribution in [3.05, 3.63) is 191 Å². The molecular weight excluding hydrogens is 931 g/mol. The molecule has 0 aliphatic carbocycles. The highest BCUT2D eigenvalue weighted by Gasteiger charge is 2.55. The summed E-state index contributed by atoms with van der Waals surface area (Å²) < 4.78 is 35.3. The number of methoxy groups -OCH3 is 1. The first kappa shape index (κ1) is 50.0. The van der Waals surface area contributed by atoms with Gasteiger partial charge in [-0.3, -0.25) is 14.2 Å². The second-order valence-electron chi connectivity index (χ2n) is 19.9. The van der Waals surface area contributed by atoms with Gasteiger partial charge in [0.1, 0.15) is 28.5 Å². The standard InChI is InChI=1S/C56H61N3O8SSi2/c1-54(2,3)69(40-24-14-10-15-25-40,41-26-16-11-17-27-41)66-37-36-64-47(44-32-22-23-33-46(44)63-9)39-58-51-45(38-48(68-51)49-57-34-35-65-49)50(60)59(53(58)62)56(7,8)52(61)67-70(55(4,5)6,42-28-18-12-19-29-42)43-30-20-13-21-31-43/h10-35,38,47H,36-37,39H2,1-9H3/t47-/m0/s1. The van der Waals surface area contributed by atoms with Crippen molar-refractivity contribution in [2.75, 3.05) is 20.3 Å². The van der Waals surface area contributed by atoms with Crippen molar-refractivity contribution in [3.63, 3.8) is 0 Å². The third kappa shape index (κ3) is 9.22. The van der Waals surface area contributed by atoms with Crippen LogP contribution in [0.4, 0.5) is 0 Å². The summed E-state index contributed by atoms with van der Waals surface area (Å²) in [5.74, 6) is 0.126. The molecule has 0 spiro atoms. The quantitative estimate of drug-likeness (QED) is 0.0650. The van der Waals surface area contributed by atoms with Crippen molar-refractivity contribution in [1.82, 2.24) is 14.1 Å². The minimum absolute atomic E-state index is 0.0689. The van der Waals surface area contributed by atoms with Gasteiger partial charge in [0.25, 0.3) is 13.9 Å². The van der Waals surface area contributed by atoms with Gasteiger partial charge in [-0.25, -0.2) is 14.3 Å². The molecule has 0 aliphatic rings. The van der Waals surface area contributed by atoms with Crippen LogP contribution in [0, 0.1) is 0 Å². The van der Waals surface area contributed by atoms with E-state index in [1.807, 2.05) is 97.1 Å². The number of hydrogen-bond acceptors (Lipinski definition) is 10. The van der Waals surface area contributed by atoms with E-state index in [1.54, 1.807) is 27.0 Å². The first-order chi connectivity index (χ1) is 33.5. The van der Waals surface area contributed by atoms with Gasteiger partial charge in [0.05, 0.1) is 43.3 Å². The number of ether oxygens (including phenoxy) is 2. The fourth-order valence-corrected chi connectivity index (χ4v) is 19.8. The Kier molecular flexibility index (Phi) is 14.4. The predicted octanol–water partition coefficient (Wildman–Crippen LogP) is 9.06. The van der Waals surface area contributed by atoms with Gasteiger partial charge < -0.3 is 22.7 Å². The molecule has 0 radical (unpaired) electrons. The van der Waals surface area contributed by atoms with Crippen LogP contribution in [0.2, 0.25) is 10.1 Å². The van der Waals surface area contributed by atoms with Crippen LogP contribution in [0.5, 0.6) is 5.75 Å². The van der Waals surface area contributed by atoms with Crippen LogP contribution in [-0.2, 0) is 30.5 Å². The number of benzene rings is 5. The Morgan fingerprint density at radius 2 is 1.19 bits per heavy atom. The second kappa shape index (κ2) is 20.1. The van der Waals surface area contributed by atoms with Crippen LogP contribution < -0.4 is 36.7 Å². The molecule has 0 aliphatic heterocycles. The Labute approximate surface area is 415 Å². The third-order valence-corrected chi connectivity index (χ3v) is 24.2. The van der Waals surface area contributed by atoms with Gasteiger partial charge in [-0.15, -0.1) is 11.3 Å². The smallest absolute Gasteiger partial charge is 0.333 e. The van der Waals surface area contributed by atoms with E-state index >= 15 is 14.4 Å². The summed E-state index contributed by atoms with van der Waals surface area (Å²) in [7, 11) is -4.83. The molecule has 3 aromatic heterocycles. The first-order valence-electron chi connectivity index (χ1n) is 23.5. The van der Waals surface area contributed by atoms with E-state index in [1.165, 1.54) is 28.4 Å². The monoisotopic (exact) mass is 991 g/mol. The molecule has 0 bridgehead atoms. The number of aromatic nitrogens is 3. The first-order valence-corrected chi connectivity index (χ1v) is 28.1. The summed E-state index contributed by atoms with van der Waals surface area (Å²) in [5.41, 5.74) is -2.49. The van der Waals surface area contributed by atoms with E-state index in [0.717, 1.165) is 25.3 Å². The van der Waals surface area contributed by atoms with Crippen molar-refractivity contribution < 1.29 is 27.5 Å². The van der Waals surface area contributed by atoms with Gasteiger partial charge in [-0.2, -0.15) is 0 Å². The number of carbonyl (C=O) groups is 1. The highest BCUT2D eigenvalue weighted by atomic mass is 32.1. The summed E-state index contributed by atoms with van der Waals surface area (Å²) in [6, 6.07) is 49.6. The molecular formula is C56H61N3O8SSi2. The highest BCUT2D eigenvalue weighted by molar-refractivity contribution is 7.21. The second-order valence-corrected chi connectivity index (χ2v) is 29.5.